The van der Waals surface area contributed by atoms with Crippen LogP contribution in [0.25, 0.3) is 0 Å². The summed E-state index contributed by atoms with van der Waals surface area (Å²) in [7, 11) is 1.52. The Morgan fingerprint density at radius 1 is 0.885 bits per heavy atom. The van der Waals surface area contributed by atoms with Gasteiger partial charge in [-0.3, -0.25) is 4.79 Å². The third kappa shape index (κ3) is 3.70. The van der Waals surface area contributed by atoms with Crippen LogP contribution in [-0.2, 0) is 0 Å². The Kier molecular flexibility index (Phi) is 5.24. The summed E-state index contributed by atoms with van der Waals surface area (Å²) < 4.78 is 5.20. The molecule has 6 heteroatoms. The number of nitroso groups, excluding NO2 is 1. The van der Waals surface area contributed by atoms with Crippen LogP contribution in [0.15, 0.2) is 84.1 Å². The quantitative estimate of drug-likeness (QED) is 0.515. The first-order valence-corrected chi connectivity index (χ1v) is 7.96. The summed E-state index contributed by atoms with van der Waals surface area (Å²) in [4.78, 5) is 23.6. The first kappa shape index (κ1) is 17.2. The van der Waals surface area contributed by atoms with Gasteiger partial charge in [0.15, 0.2) is 0 Å². The van der Waals surface area contributed by atoms with Gasteiger partial charge in [-0.05, 0) is 48.5 Å². The number of anilines is 3. The summed E-state index contributed by atoms with van der Waals surface area (Å²) in [6.45, 7) is 0. The maximum absolute atomic E-state index is 12.4. The number of ether oxygens (including phenoxy) is 1. The van der Waals surface area contributed by atoms with Crippen LogP contribution in [0.2, 0.25) is 0 Å². The van der Waals surface area contributed by atoms with Crippen LogP contribution in [0, 0.1) is 4.91 Å². The predicted molar refractivity (Wildman–Crippen MR) is 102 cm³/mol. The normalized spacial score (nSPS) is 10.0. The molecule has 0 saturated heterocycles. The molecule has 0 bridgehead atoms. The standard InChI is InChI=1S/C20H17N3O3/c1-26-19-10-6-5-9-18(19)20(24)21-15-11-13-17(14-12-15)23(22-25)16-7-3-2-4-8-16/h2-14H,1H3,(H,21,24). The van der Waals surface area contributed by atoms with E-state index in [-0.39, 0.29) is 5.91 Å². The highest BCUT2D eigenvalue weighted by molar-refractivity contribution is 6.06. The van der Waals surface area contributed by atoms with Crippen molar-refractivity contribution in [2.24, 2.45) is 5.29 Å². The van der Waals surface area contributed by atoms with Crippen LogP contribution in [-0.4, -0.2) is 13.0 Å². The molecule has 0 unspecified atom stereocenters. The molecule has 0 aromatic heterocycles. The molecule has 1 N–H and O–H groups in total. The largest absolute Gasteiger partial charge is 0.496 e. The van der Waals surface area contributed by atoms with Gasteiger partial charge in [0.1, 0.15) is 5.75 Å². The third-order valence-corrected chi connectivity index (χ3v) is 3.80. The lowest BCUT2D eigenvalue weighted by Gasteiger charge is -2.16. The average Bonchev–Trinajstić information content (AvgIpc) is 2.70. The summed E-state index contributed by atoms with van der Waals surface area (Å²) >= 11 is 0. The highest BCUT2D eigenvalue weighted by atomic mass is 16.5. The third-order valence-electron chi connectivity index (χ3n) is 3.80. The topological polar surface area (TPSA) is 71.0 Å². The van der Waals surface area contributed by atoms with E-state index in [4.69, 9.17) is 4.74 Å². The lowest BCUT2D eigenvalue weighted by atomic mass is 10.2. The molecule has 0 aliphatic heterocycles. The molecular weight excluding hydrogens is 330 g/mol. The zero-order valence-electron chi connectivity index (χ0n) is 14.1. The summed E-state index contributed by atoms with van der Waals surface area (Å²) in [5.41, 5.74) is 2.30. The van der Waals surface area contributed by atoms with Crippen molar-refractivity contribution < 1.29 is 9.53 Å². The van der Waals surface area contributed by atoms with Crippen molar-refractivity contribution in [2.75, 3.05) is 17.4 Å². The van der Waals surface area contributed by atoms with Crippen molar-refractivity contribution in [3.05, 3.63) is 89.3 Å². The lowest BCUT2D eigenvalue weighted by molar-refractivity contribution is 0.102. The molecule has 1 amide bonds. The summed E-state index contributed by atoms with van der Waals surface area (Å²) in [5.74, 6) is 0.227. The fourth-order valence-electron chi connectivity index (χ4n) is 2.53. The van der Waals surface area contributed by atoms with Crippen molar-refractivity contribution in [3.8, 4) is 5.75 Å². The molecule has 0 aliphatic rings. The number of methoxy groups -OCH3 is 1. The van der Waals surface area contributed by atoms with E-state index < -0.39 is 0 Å². The molecule has 3 aromatic carbocycles. The average molecular weight is 347 g/mol. The molecule has 0 radical (unpaired) electrons. The Morgan fingerprint density at radius 2 is 1.50 bits per heavy atom. The minimum atomic E-state index is -0.274. The molecule has 0 atom stereocenters. The summed E-state index contributed by atoms with van der Waals surface area (Å²) in [5, 5.41) is 7.16. The maximum Gasteiger partial charge on any atom is 0.259 e. The van der Waals surface area contributed by atoms with E-state index >= 15 is 0 Å². The molecular formula is C20H17N3O3. The van der Waals surface area contributed by atoms with Crippen molar-refractivity contribution in [2.45, 2.75) is 0 Å². The van der Waals surface area contributed by atoms with Crippen LogP contribution in [0.1, 0.15) is 10.4 Å². The number of carbonyl (C=O) groups is 1. The number of benzene rings is 3. The summed E-state index contributed by atoms with van der Waals surface area (Å²) in [6, 6.07) is 22.9. The number of para-hydroxylation sites is 2. The second-order valence-electron chi connectivity index (χ2n) is 5.43. The van der Waals surface area contributed by atoms with Crippen LogP contribution in [0.5, 0.6) is 5.75 Å². The number of nitrogens with zero attached hydrogens (tertiary/aromatic N) is 2. The van der Waals surface area contributed by atoms with Crippen molar-refractivity contribution in [1.29, 1.82) is 0 Å². The van der Waals surface area contributed by atoms with Crippen LogP contribution < -0.4 is 15.1 Å². The minimum Gasteiger partial charge on any atom is -0.496 e. The second kappa shape index (κ2) is 7.94. The van der Waals surface area contributed by atoms with E-state index in [1.54, 1.807) is 60.7 Å². The lowest BCUT2D eigenvalue weighted by Crippen LogP contribution is -2.13. The molecule has 0 saturated carbocycles. The second-order valence-corrected chi connectivity index (χ2v) is 5.43. The van der Waals surface area contributed by atoms with Gasteiger partial charge in [-0.25, -0.2) is 0 Å². The van der Waals surface area contributed by atoms with Gasteiger partial charge < -0.3 is 10.1 Å². The van der Waals surface area contributed by atoms with Gasteiger partial charge in [0, 0.05) is 5.69 Å². The zero-order valence-corrected chi connectivity index (χ0v) is 14.1. The van der Waals surface area contributed by atoms with Crippen LogP contribution >= 0.6 is 0 Å². The molecule has 3 aromatic rings. The van der Waals surface area contributed by atoms with E-state index in [2.05, 4.69) is 10.6 Å². The molecule has 6 nitrogen and oxygen atoms in total. The molecule has 0 heterocycles. The summed E-state index contributed by atoms with van der Waals surface area (Å²) in [6.07, 6.45) is 0. The fourth-order valence-corrected chi connectivity index (χ4v) is 2.53. The van der Waals surface area contributed by atoms with Crippen LogP contribution in [0.4, 0.5) is 17.1 Å². The monoisotopic (exact) mass is 347 g/mol. The van der Waals surface area contributed by atoms with Gasteiger partial charge in [-0.1, -0.05) is 30.3 Å². The van der Waals surface area contributed by atoms with Crippen molar-refractivity contribution in [3.63, 3.8) is 0 Å². The van der Waals surface area contributed by atoms with E-state index in [1.165, 1.54) is 12.1 Å². The molecule has 3 rings (SSSR count). The van der Waals surface area contributed by atoms with Gasteiger partial charge in [0.25, 0.3) is 5.91 Å². The Bertz CT molecular complexity index is 896. The molecule has 0 fully saturated rings. The highest BCUT2D eigenvalue weighted by Gasteiger charge is 2.13. The Labute approximate surface area is 151 Å². The number of hydrogen-bond acceptors (Lipinski definition) is 4. The predicted octanol–water partition coefficient (Wildman–Crippen LogP) is 4.77. The first-order chi connectivity index (χ1) is 12.7. The van der Waals surface area contributed by atoms with Crippen molar-refractivity contribution >= 4 is 23.0 Å². The van der Waals surface area contributed by atoms with Gasteiger partial charge in [0.05, 0.1) is 29.3 Å². The van der Waals surface area contributed by atoms with Gasteiger partial charge in [0.2, 0.25) is 0 Å². The zero-order chi connectivity index (χ0) is 18.4. The van der Waals surface area contributed by atoms with Crippen molar-refractivity contribution in [1.82, 2.24) is 0 Å². The first-order valence-electron chi connectivity index (χ1n) is 7.96. The van der Waals surface area contributed by atoms with Crippen LogP contribution in [0.3, 0.4) is 0 Å². The number of carbonyl (C=O) groups excluding carboxylic acids is 1. The Morgan fingerprint density at radius 3 is 2.15 bits per heavy atom. The maximum atomic E-state index is 12.4. The van der Waals surface area contributed by atoms with E-state index in [0.29, 0.717) is 28.4 Å². The number of nitrogens with one attached hydrogen (secondary N) is 1. The van der Waals surface area contributed by atoms with E-state index in [0.717, 1.165) is 0 Å². The van der Waals surface area contributed by atoms with Gasteiger partial charge in [-0.2, -0.15) is 5.01 Å². The Balaban J connectivity index is 1.77. The van der Waals surface area contributed by atoms with E-state index in [9.17, 15) is 9.70 Å². The molecule has 0 spiro atoms. The van der Waals surface area contributed by atoms with Gasteiger partial charge >= 0.3 is 0 Å². The smallest absolute Gasteiger partial charge is 0.259 e. The molecule has 0 aliphatic carbocycles. The number of hydrogen-bond donors (Lipinski definition) is 1. The highest BCUT2D eigenvalue weighted by Crippen LogP contribution is 2.27. The van der Waals surface area contributed by atoms with E-state index in [1.807, 2.05) is 18.2 Å². The molecule has 26 heavy (non-hydrogen) atoms. The number of amides is 1. The Hall–Kier alpha value is -3.67. The fraction of sp³-hybridized carbons (Fsp3) is 0.0500. The minimum absolute atomic E-state index is 0.274. The SMILES string of the molecule is COc1ccccc1C(=O)Nc1ccc(N(N=O)c2ccccc2)cc1. The molecule has 130 valence electrons. The van der Waals surface area contributed by atoms with Gasteiger partial charge in [-0.15, -0.1) is 4.91 Å². The number of rotatable bonds is 6.